The van der Waals surface area contributed by atoms with Crippen molar-refractivity contribution in [3.05, 3.63) is 51.9 Å². The van der Waals surface area contributed by atoms with Gasteiger partial charge in [0, 0.05) is 37.9 Å². The summed E-state index contributed by atoms with van der Waals surface area (Å²) in [7, 11) is 0. The molecule has 0 spiro atoms. The molecule has 1 fully saturated rings. The lowest BCUT2D eigenvalue weighted by Gasteiger charge is -2.35. The first kappa shape index (κ1) is 16.5. The second-order valence-corrected chi connectivity index (χ2v) is 6.04. The van der Waals surface area contributed by atoms with Crippen LogP contribution in [0.3, 0.4) is 0 Å². The van der Waals surface area contributed by atoms with Crippen molar-refractivity contribution in [3.8, 4) is 6.07 Å². The van der Waals surface area contributed by atoms with E-state index in [1.54, 1.807) is 23.2 Å². The molecule has 6 nitrogen and oxygen atoms in total. The van der Waals surface area contributed by atoms with Crippen molar-refractivity contribution in [2.75, 3.05) is 31.1 Å². The Hall–Kier alpha value is -2.36. The Morgan fingerprint density at radius 1 is 1.17 bits per heavy atom. The van der Waals surface area contributed by atoms with Gasteiger partial charge in [0.15, 0.2) is 0 Å². The van der Waals surface area contributed by atoms with Crippen molar-refractivity contribution in [2.24, 2.45) is 0 Å². The molecule has 0 bridgehead atoms. The fourth-order valence-electron chi connectivity index (χ4n) is 2.63. The van der Waals surface area contributed by atoms with Crippen LogP contribution in [0.15, 0.2) is 30.5 Å². The zero-order valence-corrected chi connectivity index (χ0v) is 14.1. The average Bonchev–Trinajstić information content (AvgIpc) is 2.60. The number of amides is 1. The second-order valence-electron chi connectivity index (χ2n) is 5.27. The van der Waals surface area contributed by atoms with Crippen LogP contribution in [0.4, 0.5) is 5.82 Å². The molecule has 8 heteroatoms. The van der Waals surface area contributed by atoms with Gasteiger partial charge < -0.3 is 9.80 Å². The zero-order chi connectivity index (χ0) is 17.1. The quantitative estimate of drug-likeness (QED) is 0.768. The highest BCUT2D eigenvalue weighted by Crippen LogP contribution is 2.20. The summed E-state index contributed by atoms with van der Waals surface area (Å²) < 4.78 is 0. The molecule has 0 radical (unpaired) electrons. The molecule has 1 saturated heterocycles. The van der Waals surface area contributed by atoms with Crippen LogP contribution in [0, 0.1) is 11.3 Å². The van der Waals surface area contributed by atoms with E-state index >= 15 is 0 Å². The molecule has 0 unspecified atom stereocenters. The molecular formula is C16H13Cl2N5O. The maximum absolute atomic E-state index is 12.6. The van der Waals surface area contributed by atoms with Crippen LogP contribution in [0.5, 0.6) is 0 Å². The lowest BCUT2D eigenvalue weighted by atomic mass is 10.2. The van der Waals surface area contributed by atoms with Gasteiger partial charge in [-0.3, -0.25) is 4.79 Å². The summed E-state index contributed by atoms with van der Waals surface area (Å²) >= 11 is 11.7. The highest BCUT2D eigenvalue weighted by Gasteiger charge is 2.24. The number of aromatic nitrogens is 2. The van der Waals surface area contributed by atoms with Gasteiger partial charge in [0.25, 0.3) is 5.91 Å². The van der Waals surface area contributed by atoms with E-state index in [1.807, 2.05) is 4.90 Å². The normalized spacial score (nSPS) is 14.4. The number of nitriles is 1. The minimum absolute atomic E-state index is 0.137. The number of rotatable bonds is 2. The van der Waals surface area contributed by atoms with Gasteiger partial charge in [0.05, 0.1) is 5.56 Å². The Kier molecular flexibility index (Phi) is 4.84. The van der Waals surface area contributed by atoms with Crippen LogP contribution < -0.4 is 4.90 Å². The van der Waals surface area contributed by atoms with E-state index in [4.69, 9.17) is 23.2 Å². The van der Waals surface area contributed by atoms with E-state index in [0.717, 1.165) is 0 Å². The summed E-state index contributed by atoms with van der Waals surface area (Å²) in [6.07, 6.45) is 1.66. The standard InChI is InChI=1S/C16H13Cl2N5O/c17-13-8-12(9-14(18)21-13)16(24)23-6-4-22(5-7-23)15-11(10-19)2-1-3-20-15/h1-3,8-9H,4-7H2. The van der Waals surface area contributed by atoms with Crippen molar-refractivity contribution in [1.29, 1.82) is 5.26 Å². The van der Waals surface area contributed by atoms with Crippen molar-refractivity contribution < 1.29 is 4.79 Å². The predicted molar refractivity (Wildman–Crippen MR) is 91.3 cm³/mol. The number of piperazine rings is 1. The molecule has 24 heavy (non-hydrogen) atoms. The van der Waals surface area contributed by atoms with Crippen LogP contribution in [0.1, 0.15) is 15.9 Å². The van der Waals surface area contributed by atoms with Gasteiger partial charge in [-0.05, 0) is 24.3 Å². The Morgan fingerprint density at radius 3 is 2.46 bits per heavy atom. The summed E-state index contributed by atoms with van der Waals surface area (Å²) in [5, 5.41) is 9.56. The molecule has 0 atom stereocenters. The molecular weight excluding hydrogens is 349 g/mol. The third-order valence-corrected chi connectivity index (χ3v) is 4.17. The number of nitrogens with zero attached hydrogens (tertiary/aromatic N) is 5. The van der Waals surface area contributed by atoms with Gasteiger partial charge >= 0.3 is 0 Å². The Bertz CT molecular complexity index is 792. The van der Waals surface area contributed by atoms with Crippen molar-refractivity contribution in [1.82, 2.24) is 14.9 Å². The lowest BCUT2D eigenvalue weighted by molar-refractivity contribution is 0.0746. The third kappa shape index (κ3) is 3.42. The number of carbonyl (C=O) groups is 1. The van der Waals surface area contributed by atoms with Gasteiger partial charge in [-0.2, -0.15) is 5.26 Å². The Morgan fingerprint density at radius 2 is 1.83 bits per heavy atom. The van der Waals surface area contributed by atoms with E-state index in [2.05, 4.69) is 16.0 Å². The van der Waals surface area contributed by atoms with Crippen LogP contribution >= 0.6 is 23.2 Å². The summed E-state index contributed by atoms with van der Waals surface area (Å²) in [4.78, 5) is 24.4. The van der Waals surface area contributed by atoms with Gasteiger partial charge in [0.1, 0.15) is 22.2 Å². The van der Waals surface area contributed by atoms with Gasteiger partial charge in [-0.1, -0.05) is 23.2 Å². The lowest BCUT2D eigenvalue weighted by Crippen LogP contribution is -2.49. The maximum atomic E-state index is 12.6. The molecule has 3 heterocycles. The first-order valence-electron chi connectivity index (χ1n) is 7.31. The highest BCUT2D eigenvalue weighted by molar-refractivity contribution is 6.33. The fourth-order valence-corrected chi connectivity index (χ4v) is 3.09. The molecule has 122 valence electrons. The summed E-state index contributed by atoms with van der Waals surface area (Å²) in [6, 6.07) is 8.63. The van der Waals surface area contributed by atoms with E-state index in [1.165, 1.54) is 12.1 Å². The molecule has 2 aromatic rings. The first-order chi connectivity index (χ1) is 11.6. The maximum Gasteiger partial charge on any atom is 0.254 e. The van der Waals surface area contributed by atoms with Gasteiger partial charge in [-0.15, -0.1) is 0 Å². The predicted octanol–water partition coefficient (Wildman–Crippen LogP) is 2.62. The van der Waals surface area contributed by atoms with Crippen molar-refractivity contribution >= 4 is 34.9 Å². The topological polar surface area (TPSA) is 73.1 Å². The number of hydrogen-bond donors (Lipinski definition) is 0. The minimum Gasteiger partial charge on any atom is -0.352 e. The zero-order valence-electron chi connectivity index (χ0n) is 12.6. The summed E-state index contributed by atoms with van der Waals surface area (Å²) in [5.41, 5.74) is 0.953. The molecule has 1 aliphatic heterocycles. The van der Waals surface area contributed by atoms with Crippen molar-refractivity contribution in [3.63, 3.8) is 0 Å². The van der Waals surface area contributed by atoms with Crippen LogP contribution in [-0.4, -0.2) is 47.0 Å². The van der Waals surface area contributed by atoms with E-state index in [0.29, 0.717) is 43.1 Å². The second kappa shape index (κ2) is 7.04. The molecule has 1 amide bonds. The molecule has 0 aliphatic carbocycles. The number of anilines is 1. The number of pyridine rings is 2. The van der Waals surface area contributed by atoms with Crippen LogP contribution in [0.2, 0.25) is 10.3 Å². The number of carbonyl (C=O) groups excluding carboxylic acids is 1. The SMILES string of the molecule is N#Cc1cccnc1N1CCN(C(=O)c2cc(Cl)nc(Cl)c2)CC1. The van der Waals surface area contributed by atoms with Crippen LogP contribution in [0.25, 0.3) is 0 Å². The molecule has 0 saturated carbocycles. The number of hydrogen-bond acceptors (Lipinski definition) is 5. The first-order valence-corrected chi connectivity index (χ1v) is 8.06. The molecule has 0 aromatic carbocycles. The Labute approximate surface area is 149 Å². The minimum atomic E-state index is -0.137. The average molecular weight is 362 g/mol. The number of halogens is 2. The smallest absolute Gasteiger partial charge is 0.254 e. The van der Waals surface area contributed by atoms with Crippen LogP contribution in [-0.2, 0) is 0 Å². The van der Waals surface area contributed by atoms with Gasteiger partial charge in [-0.25, -0.2) is 9.97 Å². The van der Waals surface area contributed by atoms with E-state index < -0.39 is 0 Å². The van der Waals surface area contributed by atoms with E-state index in [9.17, 15) is 10.1 Å². The fraction of sp³-hybridized carbons (Fsp3) is 0.250. The summed E-state index contributed by atoms with van der Waals surface area (Å²) in [5.74, 6) is 0.518. The van der Waals surface area contributed by atoms with E-state index in [-0.39, 0.29) is 16.2 Å². The largest absolute Gasteiger partial charge is 0.352 e. The third-order valence-electron chi connectivity index (χ3n) is 3.78. The molecule has 0 N–H and O–H groups in total. The molecule has 1 aliphatic rings. The summed E-state index contributed by atoms with van der Waals surface area (Å²) in [6.45, 7) is 2.25. The monoisotopic (exact) mass is 361 g/mol. The molecule has 3 rings (SSSR count). The highest BCUT2D eigenvalue weighted by atomic mass is 35.5. The Balaban J connectivity index is 1.71. The molecule has 2 aromatic heterocycles. The van der Waals surface area contributed by atoms with Crippen molar-refractivity contribution in [2.45, 2.75) is 0 Å². The van der Waals surface area contributed by atoms with Gasteiger partial charge in [0.2, 0.25) is 0 Å².